The third-order valence-electron chi connectivity index (χ3n) is 6.18. The molecule has 0 aliphatic heterocycles. The van der Waals surface area contributed by atoms with Crippen molar-refractivity contribution in [3.05, 3.63) is 96.1 Å². The zero-order chi connectivity index (χ0) is 24.8. The molecule has 3 N–H and O–H groups in total. The van der Waals surface area contributed by atoms with Crippen LogP contribution in [0.1, 0.15) is 36.9 Å². The van der Waals surface area contributed by atoms with Crippen molar-refractivity contribution in [2.45, 2.75) is 38.3 Å². The second-order valence-electron chi connectivity index (χ2n) is 8.66. The lowest BCUT2D eigenvalue weighted by Gasteiger charge is -2.18. The van der Waals surface area contributed by atoms with Gasteiger partial charge in [-0.15, -0.1) is 0 Å². The molecule has 0 spiro atoms. The molecule has 35 heavy (non-hydrogen) atoms. The topological polar surface area (TPSA) is 95.5 Å². The van der Waals surface area contributed by atoms with Gasteiger partial charge in [-0.3, -0.25) is 9.59 Å². The average molecular weight is 469 g/mol. The molecule has 2 atom stereocenters. The van der Waals surface area contributed by atoms with Gasteiger partial charge in [0.25, 0.3) is 0 Å². The van der Waals surface area contributed by atoms with E-state index < -0.39 is 17.9 Å². The van der Waals surface area contributed by atoms with Crippen LogP contribution < -0.4 is 10.6 Å². The van der Waals surface area contributed by atoms with Crippen LogP contribution in [0.25, 0.3) is 21.5 Å². The summed E-state index contributed by atoms with van der Waals surface area (Å²) in [6, 6.07) is 26.0. The maximum atomic E-state index is 12.6. The molecule has 2 amide bonds. The van der Waals surface area contributed by atoms with Crippen molar-refractivity contribution in [1.82, 2.24) is 10.6 Å². The molecule has 6 heteroatoms. The minimum atomic E-state index is -1.11. The quantitative estimate of drug-likeness (QED) is 0.309. The Morgan fingerprint density at radius 2 is 1.26 bits per heavy atom. The molecule has 0 heterocycles. The summed E-state index contributed by atoms with van der Waals surface area (Å²) in [7, 11) is 0. The Morgan fingerprint density at radius 3 is 1.83 bits per heavy atom. The van der Waals surface area contributed by atoms with Crippen LogP contribution >= 0.6 is 0 Å². The summed E-state index contributed by atoms with van der Waals surface area (Å²) in [5.41, 5.74) is 1.85. The summed E-state index contributed by atoms with van der Waals surface area (Å²) in [6.45, 7) is 1.88. The summed E-state index contributed by atoms with van der Waals surface area (Å²) in [5, 5.41) is 19.3. The first-order chi connectivity index (χ1) is 16.9. The van der Waals surface area contributed by atoms with Crippen molar-refractivity contribution in [2.75, 3.05) is 0 Å². The molecule has 0 aliphatic carbocycles. The molecule has 0 fully saturated rings. The zero-order valence-corrected chi connectivity index (χ0v) is 19.5. The standard InChI is InChI=1S/C29H28N2O4/c1-19(20-9-3-2-4-10-20)30-27(32)15-16-28(33)31-26(29(34)35)18-25-23-13-7-5-11-21(23)17-22-12-6-8-14-24(22)25/h2-14,17,19,26H,15-16,18H2,1H3,(H,30,32)(H,31,33)(H,34,35)/t19-,26+/m1/s1. The molecule has 4 aromatic carbocycles. The van der Waals surface area contributed by atoms with Gasteiger partial charge in [-0.2, -0.15) is 0 Å². The van der Waals surface area contributed by atoms with Crippen LogP contribution in [-0.4, -0.2) is 28.9 Å². The van der Waals surface area contributed by atoms with Crippen LogP contribution in [0, 0.1) is 0 Å². The number of carbonyl (C=O) groups excluding carboxylic acids is 2. The van der Waals surface area contributed by atoms with Gasteiger partial charge in [0.1, 0.15) is 6.04 Å². The van der Waals surface area contributed by atoms with E-state index >= 15 is 0 Å². The predicted molar refractivity (Wildman–Crippen MR) is 137 cm³/mol. The number of hydrogen-bond donors (Lipinski definition) is 3. The van der Waals surface area contributed by atoms with Gasteiger partial charge in [-0.05, 0) is 45.7 Å². The van der Waals surface area contributed by atoms with E-state index in [1.54, 1.807) is 0 Å². The third-order valence-corrected chi connectivity index (χ3v) is 6.18. The number of rotatable bonds is 9. The number of carboxylic acid groups (broad SMARTS) is 1. The lowest BCUT2D eigenvalue weighted by atomic mass is 9.92. The highest BCUT2D eigenvalue weighted by Crippen LogP contribution is 2.29. The fourth-order valence-corrected chi connectivity index (χ4v) is 4.36. The summed E-state index contributed by atoms with van der Waals surface area (Å²) in [5.74, 6) is -1.84. The highest BCUT2D eigenvalue weighted by atomic mass is 16.4. The first-order valence-corrected chi connectivity index (χ1v) is 11.7. The van der Waals surface area contributed by atoms with Crippen molar-refractivity contribution in [3.63, 3.8) is 0 Å². The Bertz CT molecular complexity index is 1310. The molecule has 4 rings (SSSR count). The van der Waals surface area contributed by atoms with E-state index in [4.69, 9.17) is 0 Å². The molecule has 0 saturated heterocycles. The molecule has 6 nitrogen and oxygen atoms in total. The number of nitrogens with one attached hydrogen (secondary N) is 2. The highest BCUT2D eigenvalue weighted by Gasteiger charge is 2.23. The van der Waals surface area contributed by atoms with Crippen LogP contribution in [0.15, 0.2) is 84.9 Å². The Labute approximate surface area is 204 Å². The fourth-order valence-electron chi connectivity index (χ4n) is 4.36. The number of hydrogen-bond acceptors (Lipinski definition) is 3. The van der Waals surface area contributed by atoms with E-state index in [2.05, 4.69) is 16.7 Å². The van der Waals surface area contributed by atoms with Crippen molar-refractivity contribution >= 4 is 39.3 Å². The van der Waals surface area contributed by atoms with Crippen LogP contribution in [-0.2, 0) is 20.8 Å². The Morgan fingerprint density at radius 1 is 0.743 bits per heavy atom. The minimum Gasteiger partial charge on any atom is -0.480 e. The maximum Gasteiger partial charge on any atom is 0.326 e. The number of carbonyl (C=O) groups is 3. The smallest absolute Gasteiger partial charge is 0.326 e. The number of fused-ring (bicyclic) bond motifs is 2. The summed E-state index contributed by atoms with van der Waals surface area (Å²) < 4.78 is 0. The highest BCUT2D eigenvalue weighted by molar-refractivity contribution is 6.02. The lowest BCUT2D eigenvalue weighted by Crippen LogP contribution is -2.42. The van der Waals surface area contributed by atoms with Gasteiger partial charge in [0.05, 0.1) is 6.04 Å². The van der Waals surface area contributed by atoms with Crippen LogP contribution in [0.2, 0.25) is 0 Å². The Hall–Kier alpha value is -4.19. The normalized spacial score (nSPS) is 12.7. The van der Waals surface area contributed by atoms with Gasteiger partial charge in [-0.25, -0.2) is 4.79 Å². The van der Waals surface area contributed by atoms with Crippen molar-refractivity contribution in [3.8, 4) is 0 Å². The SMILES string of the molecule is C[C@@H](NC(=O)CCC(=O)N[C@@H](Cc1c2ccccc2cc2ccccc12)C(=O)O)c1ccccc1. The van der Waals surface area contributed by atoms with Gasteiger partial charge >= 0.3 is 5.97 Å². The van der Waals surface area contributed by atoms with Gasteiger partial charge < -0.3 is 15.7 Å². The summed E-state index contributed by atoms with van der Waals surface area (Å²) in [4.78, 5) is 37.0. The van der Waals surface area contributed by atoms with Crippen molar-refractivity contribution in [2.24, 2.45) is 0 Å². The van der Waals surface area contributed by atoms with E-state index in [0.717, 1.165) is 32.7 Å². The Kier molecular flexibility index (Phi) is 7.41. The molecule has 0 saturated carbocycles. The second kappa shape index (κ2) is 10.8. The molecular weight excluding hydrogens is 440 g/mol. The van der Waals surface area contributed by atoms with E-state index in [0.29, 0.717) is 0 Å². The van der Waals surface area contributed by atoms with Gasteiger partial charge in [0.2, 0.25) is 11.8 Å². The Balaban J connectivity index is 1.43. The number of amides is 2. The third kappa shape index (κ3) is 5.84. The molecule has 0 unspecified atom stereocenters. The van der Waals surface area contributed by atoms with Gasteiger partial charge in [0, 0.05) is 19.3 Å². The molecule has 4 aromatic rings. The average Bonchev–Trinajstić information content (AvgIpc) is 2.87. The number of carboxylic acids is 1. The van der Waals surface area contributed by atoms with E-state index in [9.17, 15) is 19.5 Å². The minimum absolute atomic E-state index is 0.0213. The molecule has 178 valence electrons. The maximum absolute atomic E-state index is 12.6. The first-order valence-electron chi connectivity index (χ1n) is 11.7. The van der Waals surface area contributed by atoms with E-state index in [1.165, 1.54) is 0 Å². The molecule has 0 aliphatic rings. The predicted octanol–water partition coefficient (Wildman–Crippen LogP) is 4.76. The van der Waals surface area contributed by atoms with Gasteiger partial charge in [0.15, 0.2) is 0 Å². The largest absolute Gasteiger partial charge is 0.480 e. The van der Waals surface area contributed by atoms with Crippen molar-refractivity contribution < 1.29 is 19.5 Å². The van der Waals surface area contributed by atoms with E-state index in [1.807, 2.05) is 85.8 Å². The zero-order valence-electron chi connectivity index (χ0n) is 19.5. The second-order valence-corrected chi connectivity index (χ2v) is 8.66. The van der Waals surface area contributed by atoms with Crippen LogP contribution in [0.5, 0.6) is 0 Å². The summed E-state index contributed by atoms with van der Waals surface area (Å²) in [6.07, 6.45) is 0.0279. The number of benzene rings is 4. The van der Waals surface area contributed by atoms with Crippen molar-refractivity contribution in [1.29, 1.82) is 0 Å². The van der Waals surface area contributed by atoms with E-state index in [-0.39, 0.29) is 31.2 Å². The fraction of sp³-hybridized carbons (Fsp3) is 0.207. The molecule has 0 aromatic heterocycles. The lowest BCUT2D eigenvalue weighted by molar-refractivity contribution is -0.141. The van der Waals surface area contributed by atoms with Gasteiger partial charge in [-0.1, -0.05) is 78.9 Å². The monoisotopic (exact) mass is 468 g/mol. The number of aliphatic carboxylic acids is 1. The first kappa shape index (κ1) is 24.0. The van der Waals surface area contributed by atoms with Crippen LogP contribution in [0.4, 0.5) is 0 Å². The molecule has 0 radical (unpaired) electrons. The summed E-state index contributed by atoms with van der Waals surface area (Å²) >= 11 is 0. The molecule has 0 bridgehead atoms. The molecular formula is C29H28N2O4. The van der Waals surface area contributed by atoms with Crippen LogP contribution in [0.3, 0.4) is 0 Å².